The summed E-state index contributed by atoms with van der Waals surface area (Å²) in [6.45, 7) is 0. The largest absolute Gasteiger partial charge is 0.469 e. The van der Waals surface area contributed by atoms with E-state index in [1.54, 1.807) is 35.2 Å². The molecule has 0 unspecified atom stereocenters. The lowest BCUT2D eigenvalue weighted by Gasteiger charge is -2.20. The molecular weight excluding hydrogens is 434 g/mol. The van der Waals surface area contributed by atoms with Crippen molar-refractivity contribution < 1.29 is 23.2 Å². The van der Waals surface area contributed by atoms with E-state index in [2.05, 4.69) is 9.97 Å². The zero-order chi connectivity index (χ0) is 21.1. The van der Waals surface area contributed by atoms with Crippen LogP contribution in [0.5, 0.6) is 0 Å². The Morgan fingerprint density at radius 1 is 1.33 bits per heavy atom. The molecule has 7 nitrogen and oxygen atoms in total. The summed E-state index contributed by atoms with van der Waals surface area (Å²) in [5.41, 5.74) is 2.47. The molecule has 0 radical (unpaired) electrons. The van der Waals surface area contributed by atoms with Crippen LogP contribution in [0, 0.1) is 11.6 Å². The molecule has 0 saturated heterocycles. The quantitative estimate of drug-likeness (QED) is 0.331. The maximum atomic E-state index is 14.6. The number of nitrogens with zero attached hydrogens (tertiary/aromatic N) is 3. The summed E-state index contributed by atoms with van der Waals surface area (Å²) >= 11 is 2.36. The Morgan fingerprint density at radius 3 is 2.77 bits per heavy atom. The lowest BCUT2D eigenvalue weighted by Crippen LogP contribution is -2.19. The van der Waals surface area contributed by atoms with Crippen molar-refractivity contribution in [2.45, 2.75) is 11.3 Å². The van der Waals surface area contributed by atoms with Crippen LogP contribution in [0.3, 0.4) is 0 Å². The number of furan rings is 1. The lowest BCUT2D eigenvalue weighted by atomic mass is 10.2. The van der Waals surface area contributed by atoms with E-state index in [9.17, 15) is 13.6 Å². The highest BCUT2D eigenvalue weighted by Gasteiger charge is 2.29. The standard InChI is InChI=1S/C19H14F2N4O3S2/c20-13-6-11(19(26)24-27)7-14(21)17(13)30-25-10-29-18(15-9-22-3-4-23-15)16(25)8-12-2-1-5-28-12/h1-7,9,27H,8,10H2,(H,24,26). The van der Waals surface area contributed by atoms with Gasteiger partial charge >= 0.3 is 0 Å². The van der Waals surface area contributed by atoms with Gasteiger partial charge < -0.3 is 8.72 Å². The number of halogens is 2. The first-order valence-corrected chi connectivity index (χ1v) is 10.4. The van der Waals surface area contributed by atoms with Gasteiger partial charge in [0.25, 0.3) is 5.91 Å². The van der Waals surface area contributed by atoms with E-state index < -0.39 is 17.5 Å². The number of rotatable bonds is 6. The van der Waals surface area contributed by atoms with Gasteiger partial charge in [-0.1, -0.05) is 11.8 Å². The normalized spacial score (nSPS) is 13.8. The second kappa shape index (κ2) is 8.86. The van der Waals surface area contributed by atoms with Crippen molar-refractivity contribution in [3.05, 3.63) is 83.5 Å². The van der Waals surface area contributed by atoms with Crippen LogP contribution in [0.4, 0.5) is 8.78 Å². The monoisotopic (exact) mass is 448 g/mol. The predicted octanol–water partition coefficient (Wildman–Crippen LogP) is 4.09. The molecule has 30 heavy (non-hydrogen) atoms. The highest BCUT2D eigenvalue weighted by Crippen LogP contribution is 2.45. The van der Waals surface area contributed by atoms with Crippen molar-refractivity contribution in [2.24, 2.45) is 0 Å². The Bertz CT molecular complexity index is 1070. The highest BCUT2D eigenvalue weighted by atomic mass is 32.2. The number of hydrogen-bond acceptors (Lipinski definition) is 8. The molecular formula is C19H14F2N4O3S2. The van der Waals surface area contributed by atoms with Crippen LogP contribution < -0.4 is 5.48 Å². The maximum absolute atomic E-state index is 14.6. The summed E-state index contributed by atoms with van der Waals surface area (Å²) in [4.78, 5) is 20.5. The zero-order valence-corrected chi connectivity index (χ0v) is 16.8. The highest BCUT2D eigenvalue weighted by molar-refractivity contribution is 8.09. The molecule has 0 atom stereocenters. The Hall–Kier alpha value is -2.89. The molecule has 0 saturated carbocycles. The van der Waals surface area contributed by atoms with Gasteiger partial charge in [-0.15, -0.1) is 0 Å². The van der Waals surface area contributed by atoms with Crippen molar-refractivity contribution >= 4 is 34.5 Å². The molecule has 11 heteroatoms. The van der Waals surface area contributed by atoms with Crippen LogP contribution >= 0.6 is 23.7 Å². The van der Waals surface area contributed by atoms with Gasteiger partial charge in [-0.2, -0.15) is 0 Å². The van der Waals surface area contributed by atoms with Gasteiger partial charge in [0.1, 0.15) is 22.3 Å². The summed E-state index contributed by atoms with van der Waals surface area (Å²) < 4.78 is 36.3. The van der Waals surface area contributed by atoms with E-state index in [0.29, 0.717) is 23.8 Å². The van der Waals surface area contributed by atoms with Crippen LogP contribution in [0.2, 0.25) is 0 Å². The summed E-state index contributed by atoms with van der Waals surface area (Å²) in [5, 5.41) is 8.68. The molecule has 0 bridgehead atoms. The molecule has 1 aromatic carbocycles. The van der Waals surface area contributed by atoms with E-state index >= 15 is 0 Å². The minimum atomic E-state index is -0.996. The summed E-state index contributed by atoms with van der Waals surface area (Å²) in [6.07, 6.45) is 6.72. The number of allylic oxidation sites excluding steroid dienone is 1. The molecule has 2 aromatic heterocycles. The van der Waals surface area contributed by atoms with Gasteiger partial charge in [0.15, 0.2) is 0 Å². The molecule has 4 rings (SSSR count). The van der Waals surface area contributed by atoms with Crippen LogP contribution in [0.1, 0.15) is 21.8 Å². The van der Waals surface area contributed by atoms with Crippen LogP contribution in [-0.4, -0.2) is 31.3 Å². The summed E-state index contributed by atoms with van der Waals surface area (Å²) in [7, 11) is 0. The molecule has 1 amide bonds. The number of carbonyl (C=O) groups excluding carboxylic acids is 1. The van der Waals surface area contributed by atoms with Gasteiger partial charge in [-0.25, -0.2) is 14.3 Å². The first-order valence-electron chi connectivity index (χ1n) is 8.60. The Morgan fingerprint density at radius 2 is 2.13 bits per heavy atom. The zero-order valence-electron chi connectivity index (χ0n) is 15.2. The van der Waals surface area contributed by atoms with Crippen molar-refractivity contribution in [3.8, 4) is 0 Å². The fourth-order valence-electron chi connectivity index (χ4n) is 2.82. The van der Waals surface area contributed by atoms with E-state index in [-0.39, 0.29) is 10.5 Å². The first-order chi connectivity index (χ1) is 14.6. The number of hydrogen-bond donors (Lipinski definition) is 2. The number of hydroxylamine groups is 1. The fourth-order valence-corrected chi connectivity index (χ4v) is 5.03. The molecule has 2 N–H and O–H groups in total. The van der Waals surface area contributed by atoms with E-state index in [1.807, 2.05) is 6.07 Å². The third-order valence-electron chi connectivity index (χ3n) is 4.17. The number of thioether (sulfide) groups is 1. The lowest BCUT2D eigenvalue weighted by molar-refractivity contribution is 0.0705. The molecule has 0 fully saturated rings. The molecule has 3 aromatic rings. The average molecular weight is 448 g/mol. The maximum Gasteiger partial charge on any atom is 0.274 e. The van der Waals surface area contributed by atoms with Gasteiger partial charge in [0.2, 0.25) is 0 Å². The average Bonchev–Trinajstić information content (AvgIpc) is 3.41. The Balaban J connectivity index is 1.68. The van der Waals surface area contributed by atoms with E-state index in [4.69, 9.17) is 9.62 Å². The molecule has 1 aliphatic rings. The predicted molar refractivity (Wildman–Crippen MR) is 107 cm³/mol. The van der Waals surface area contributed by atoms with Crippen molar-refractivity contribution in [1.29, 1.82) is 0 Å². The number of nitrogens with one attached hydrogen (secondary N) is 1. The minimum absolute atomic E-state index is 0.262. The number of amides is 1. The third kappa shape index (κ3) is 4.18. The van der Waals surface area contributed by atoms with Crippen LogP contribution in [0.15, 0.2) is 64.1 Å². The van der Waals surface area contributed by atoms with E-state index in [1.165, 1.54) is 17.2 Å². The third-order valence-corrected chi connectivity index (χ3v) is 6.60. The number of benzene rings is 1. The van der Waals surface area contributed by atoms with Gasteiger partial charge in [0, 0.05) is 30.1 Å². The van der Waals surface area contributed by atoms with Gasteiger partial charge in [-0.05, 0) is 36.2 Å². The SMILES string of the molecule is O=C(NO)c1cc(F)c(SN2CSC(c3cnccn3)=C2Cc2ccco2)c(F)c1. The molecule has 0 spiro atoms. The molecule has 1 aliphatic heterocycles. The number of carbonyl (C=O) groups is 1. The van der Waals surface area contributed by atoms with Crippen LogP contribution in [0.25, 0.3) is 4.91 Å². The fraction of sp³-hybridized carbons (Fsp3) is 0.105. The van der Waals surface area contributed by atoms with Gasteiger partial charge in [0.05, 0.1) is 28.9 Å². The number of aromatic nitrogens is 2. The molecule has 3 heterocycles. The summed E-state index contributed by atoms with van der Waals surface area (Å²) in [6, 6.07) is 5.33. The van der Waals surface area contributed by atoms with Crippen LogP contribution in [-0.2, 0) is 6.42 Å². The Labute approximate surface area is 178 Å². The van der Waals surface area contributed by atoms with Gasteiger partial charge in [-0.3, -0.25) is 20.0 Å². The second-order valence-electron chi connectivity index (χ2n) is 6.08. The van der Waals surface area contributed by atoms with Crippen molar-refractivity contribution in [1.82, 2.24) is 19.8 Å². The topological polar surface area (TPSA) is 91.5 Å². The second-order valence-corrected chi connectivity index (χ2v) is 8.06. The molecule has 0 aliphatic carbocycles. The minimum Gasteiger partial charge on any atom is -0.469 e. The first kappa shape index (κ1) is 20.4. The van der Waals surface area contributed by atoms with Crippen molar-refractivity contribution in [2.75, 3.05) is 5.88 Å². The van der Waals surface area contributed by atoms with E-state index in [0.717, 1.165) is 34.7 Å². The Kier molecular flexibility index (Phi) is 6.02. The smallest absolute Gasteiger partial charge is 0.274 e. The molecule has 154 valence electrons. The van der Waals surface area contributed by atoms with Crippen molar-refractivity contribution in [3.63, 3.8) is 0 Å². The summed E-state index contributed by atoms with van der Waals surface area (Å²) in [5.74, 6) is -1.70.